The van der Waals surface area contributed by atoms with Crippen LogP contribution in [0.5, 0.6) is 5.75 Å². The summed E-state index contributed by atoms with van der Waals surface area (Å²) < 4.78 is 10.5. The molecular weight excluding hydrogens is 484 g/mol. The molecule has 3 aromatic rings. The third-order valence-corrected chi connectivity index (χ3v) is 6.21. The zero-order valence-electron chi connectivity index (χ0n) is 22.0. The summed E-state index contributed by atoms with van der Waals surface area (Å²) in [6, 6.07) is 19.4. The molecule has 196 valence electrons. The highest BCUT2D eigenvalue weighted by Gasteiger charge is 2.47. The standard InChI is InChI=1S/C30H30N2O6/c1-18(2)38-24-15-11-20(12-16-24)27(33)25-26(19-9-13-22(14-10-19)31(3)4)32(29(35)28(25)34)23-8-6-7-21(17-23)30(36)37-5/h6-18,26,33H,1-5H3/b27-25+. The van der Waals surface area contributed by atoms with Crippen molar-refractivity contribution in [3.63, 3.8) is 0 Å². The zero-order valence-corrected chi connectivity index (χ0v) is 22.0. The van der Waals surface area contributed by atoms with Crippen molar-refractivity contribution in [1.82, 2.24) is 0 Å². The smallest absolute Gasteiger partial charge is 0.337 e. The fraction of sp³-hybridized carbons (Fsp3) is 0.233. The Morgan fingerprint density at radius 3 is 2.18 bits per heavy atom. The lowest BCUT2D eigenvalue weighted by Gasteiger charge is -2.26. The average molecular weight is 515 g/mol. The predicted octanol–water partition coefficient (Wildman–Crippen LogP) is 4.95. The van der Waals surface area contributed by atoms with Gasteiger partial charge in [-0.15, -0.1) is 0 Å². The van der Waals surface area contributed by atoms with E-state index in [0.717, 1.165) is 5.69 Å². The molecule has 1 aliphatic heterocycles. The molecule has 0 saturated carbocycles. The Labute approximate surface area is 221 Å². The third-order valence-electron chi connectivity index (χ3n) is 6.21. The van der Waals surface area contributed by atoms with E-state index in [2.05, 4.69) is 0 Å². The second kappa shape index (κ2) is 10.8. The Balaban J connectivity index is 1.87. The summed E-state index contributed by atoms with van der Waals surface area (Å²) in [5, 5.41) is 11.4. The summed E-state index contributed by atoms with van der Waals surface area (Å²) in [6.07, 6.45) is -0.0225. The maximum absolute atomic E-state index is 13.4. The minimum Gasteiger partial charge on any atom is -0.507 e. The van der Waals surface area contributed by atoms with Crippen molar-refractivity contribution in [3.8, 4) is 5.75 Å². The number of esters is 1. The molecule has 1 unspecified atom stereocenters. The minimum atomic E-state index is -0.925. The third kappa shape index (κ3) is 5.11. The molecule has 1 heterocycles. The van der Waals surface area contributed by atoms with Crippen molar-refractivity contribution in [2.24, 2.45) is 0 Å². The lowest BCUT2D eigenvalue weighted by molar-refractivity contribution is -0.132. The summed E-state index contributed by atoms with van der Waals surface area (Å²) in [7, 11) is 5.09. The topological polar surface area (TPSA) is 96.4 Å². The lowest BCUT2D eigenvalue weighted by Crippen LogP contribution is -2.29. The first-order valence-corrected chi connectivity index (χ1v) is 12.2. The molecule has 3 aromatic carbocycles. The molecule has 0 spiro atoms. The highest BCUT2D eigenvalue weighted by atomic mass is 16.5. The van der Waals surface area contributed by atoms with Crippen LogP contribution >= 0.6 is 0 Å². The molecule has 8 heteroatoms. The number of hydrogen-bond acceptors (Lipinski definition) is 7. The number of benzene rings is 3. The summed E-state index contributed by atoms with van der Waals surface area (Å²) in [4.78, 5) is 42.3. The molecular formula is C30H30N2O6. The highest BCUT2D eigenvalue weighted by Crippen LogP contribution is 2.42. The molecule has 0 radical (unpaired) electrons. The lowest BCUT2D eigenvalue weighted by atomic mass is 9.94. The van der Waals surface area contributed by atoms with Gasteiger partial charge in [0.2, 0.25) is 0 Å². The van der Waals surface area contributed by atoms with Gasteiger partial charge in [0.05, 0.1) is 30.4 Å². The Bertz CT molecular complexity index is 1390. The summed E-state index contributed by atoms with van der Waals surface area (Å²) >= 11 is 0. The number of anilines is 2. The first-order chi connectivity index (χ1) is 18.1. The Morgan fingerprint density at radius 1 is 0.947 bits per heavy atom. The fourth-order valence-electron chi connectivity index (χ4n) is 4.39. The van der Waals surface area contributed by atoms with Crippen LogP contribution in [-0.2, 0) is 14.3 Å². The number of Topliss-reactive ketones (excluding diaryl/α,β-unsaturated/α-hetero) is 1. The van der Waals surface area contributed by atoms with Crippen molar-refractivity contribution in [3.05, 3.63) is 95.1 Å². The van der Waals surface area contributed by atoms with Crippen LogP contribution in [0.4, 0.5) is 11.4 Å². The Morgan fingerprint density at radius 2 is 1.61 bits per heavy atom. The van der Waals surface area contributed by atoms with Gasteiger partial charge in [0, 0.05) is 31.0 Å². The summed E-state index contributed by atoms with van der Waals surface area (Å²) in [5.41, 5.74) is 2.44. The number of hydrogen-bond donors (Lipinski definition) is 1. The average Bonchev–Trinajstić information content (AvgIpc) is 3.18. The molecule has 1 N–H and O–H groups in total. The number of rotatable bonds is 7. The van der Waals surface area contributed by atoms with Gasteiger partial charge in [-0.25, -0.2) is 4.79 Å². The molecule has 0 aliphatic carbocycles. The normalized spacial score (nSPS) is 16.6. The molecule has 1 aliphatic rings. The summed E-state index contributed by atoms with van der Waals surface area (Å²) in [5.74, 6) is -1.88. The van der Waals surface area contributed by atoms with E-state index >= 15 is 0 Å². The molecule has 1 atom stereocenters. The number of methoxy groups -OCH3 is 1. The van der Waals surface area contributed by atoms with Crippen LogP contribution < -0.4 is 14.5 Å². The van der Waals surface area contributed by atoms with Crippen LogP contribution in [0, 0.1) is 0 Å². The predicted molar refractivity (Wildman–Crippen MR) is 146 cm³/mol. The van der Waals surface area contributed by atoms with Gasteiger partial charge in [0.1, 0.15) is 11.5 Å². The molecule has 38 heavy (non-hydrogen) atoms. The molecule has 1 amide bonds. The van der Waals surface area contributed by atoms with Gasteiger partial charge >= 0.3 is 5.97 Å². The van der Waals surface area contributed by atoms with Gasteiger partial charge in [0.15, 0.2) is 0 Å². The number of ketones is 1. The minimum absolute atomic E-state index is 0.0225. The van der Waals surface area contributed by atoms with E-state index in [4.69, 9.17) is 9.47 Å². The zero-order chi connectivity index (χ0) is 27.6. The number of carbonyl (C=O) groups is 3. The monoisotopic (exact) mass is 514 g/mol. The second-order valence-electron chi connectivity index (χ2n) is 9.39. The number of aliphatic hydroxyl groups is 1. The number of amides is 1. The molecule has 0 aromatic heterocycles. The quantitative estimate of drug-likeness (QED) is 0.206. The van der Waals surface area contributed by atoms with E-state index < -0.39 is 23.7 Å². The molecule has 4 rings (SSSR count). The Kier molecular flexibility index (Phi) is 7.52. The van der Waals surface area contributed by atoms with Crippen LogP contribution in [-0.4, -0.2) is 50.1 Å². The SMILES string of the molecule is COC(=O)c1cccc(N2C(=O)C(=O)/C(=C(/O)c3ccc(OC(C)C)cc3)C2c2ccc(N(C)C)cc2)c1. The van der Waals surface area contributed by atoms with Crippen LogP contribution in [0.2, 0.25) is 0 Å². The summed E-state index contributed by atoms with van der Waals surface area (Å²) in [6.45, 7) is 3.82. The fourth-order valence-corrected chi connectivity index (χ4v) is 4.39. The second-order valence-corrected chi connectivity index (χ2v) is 9.39. The Hall–Kier alpha value is -4.59. The van der Waals surface area contributed by atoms with Crippen molar-refractivity contribution in [1.29, 1.82) is 0 Å². The van der Waals surface area contributed by atoms with Gasteiger partial charge in [-0.2, -0.15) is 0 Å². The van der Waals surface area contributed by atoms with Crippen LogP contribution in [0.1, 0.15) is 41.4 Å². The van der Waals surface area contributed by atoms with Gasteiger partial charge < -0.3 is 19.5 Å². The molecule has 8 nitrogen and oxygen atoms in total. The number of aliphatic hydroxyl groups excluding tert-OH is 1. The van der Waals surface area contributed by atoms with Crippen molar-refractivity contribution in [2.75, 3.05) is 31.0 Å². The number of nitrogens with zero attached hydrogens (tertiary/aromatic N) is 2. The van der Waals surface area contributed by atoms with E-state index in [-0.39, 0.29) is 23.0 Å². The van der Waals surface area contributed by atoms with Gasteiger partial charge in [0.25, 0.3) is 11.7 Å². The van der Waals surface area contributed by atoms with Crippen LogP contribution in [0.25, 0.3) is 5.76 Å². The molecule has 1 fully saturated rings. The van der Waals surface area contributed by atoms with Gasteiger partial charge in [-0.05, 0) is 74.0 Å². The highest BCUT2D eigenvalue weighted by molar-refractivity contribution is 6.51. The van der Waals surface area contributed by atoms with E-state index in [1.807, 2.05) is 57.1 Å². The number of carbonyl (C=O) groups excluding carboxylic acids is 3. The largest absolute Gasteiger partial charge is 0.507 e. The van der Waals surface area contributed by atoms with Crippen LogP contribution in [0.3, 0.4) is 0 Å². The first kappa shape index (κ1) is 26.5. The van der Waals surface area contributed by atoms with Crippen LogP contribution in [0.15, 0.2) is 78.4 Å². The molecule has 0 bridgehead atoms. The van der Waals surface area contributed by atoms with E-state index in [1.165, 1.54) is 18.1 Å². The maximum Gasteiger partial charge on any atom is 0.337 e. The van der Waals surface area contributed by atoms with Crippen molar-refractivity contribution < 1.29 is 29.0 Å². The number of ether oxygens (including phenoxy) is 2. The van der Waals surface area contributed by atoms with Crippen molar-refractivity contribution >= 4 is 34.8 Å². The van der Waals surface area contributed by atoms with E-state index in [0.29, 0.717) is 22.6 Å². The molecule has 1 saturated heterocycles. The van der Waals surface area contributed by atoms with E-state index in [9.17, 15) is 19.5 Å². The van der Waals surface area contributed by atoms with Gasteiger partial charge in [-0.1, -0.05) is 18.2 Å². The first-order valence-electron chi connectivity index (χ1n) is 12.2. The van der Waals surface area contributed by atoms with E-state index in [1.54, 1.807) is 42.5 Å². The van der Waals surface area contributed by atoms with Gasteiger partial charge in [-0.3, -0.25) is 14.5 Å². The van der Waals surface area contributed by atoms with Crippen molar-refractivity contribution in [2.45, 2.75) is 26.0 Å². The maximum atomic E-state index is 13.4.